The number of nitrogens with zero attached hydrogens (tertiary/aromatic N) is 2. The molecule has 1 aliphatic rings. The van der Waals surface area contributed by atoms with Crippen molar-refractivity contribution in [3.05, 3.63) is 22.5 Å². The van der Waals surface area contributed by atoms with Crippen molar-refractivity contribution in [1.29, 1.82) is 0 Å². The lowest BCUT2D eigenvalue weighted by molar-refractivity contribution is 0.250. The van der Waals surface area contributed by atoms with E-state index in [1.165, 1.54) is 16.4 Å². The third-order valence-electron chi connectivity index (χ3n) is 3.23. The predicted molar refractivity (Wildman–Crippen MR) is 75.7 cm³/mol. The second-order valence-electron chi connectivity index (χ2n) is 4.73. The Balaban J connectivity index is 2.15. The van der Waals surface area contributed by atoms with Gasteiger partial charge < -0.3 is 5.32 Å². The van der Waals surface area contributed by atoms with E-state index >= 15 is 0 Å². The molecule has 1 unspecified atom stereocenters. The van der Waals surface area contributed by atoms with Gasteiger partial charge in [0.1, 0.15) is 0 Å². The summed E-state index contributed by atoms with van der Waals surface area (Å²) in [5, 5.41) is 8.87. The summed E-state index contributed by atoms with van der Waals surface area (Å²) in [7, 11) is -1.86. The molecule has 0 aliphatic carbocycles. The number of nitrogens with one attached hydrogen (secondary N) is 3. The van der Waals surface area contributed by atoms with Gasteiger partial charge in [0, 0.05) is 25.2 Å². The Morgan fingerprint density at radius 2 is 2.25 bits per heavy atom. The lowest BCUT2D eigenvalue weighted by atomic mass is 10.1. The minimum Gasteiger partial charge on any atom is -0.318 e. The summed E-state index contributed by atoms with van der Waals surface area (Å²) in [6.07, 6.45) is 2.70. The Bertz CT molecular complexity index is 578. The average molecular weight is 301 g/mol. The van der Waals surface area contributed by atoms with Crippen LogP contribution in [0, 0.1) is 0 Å². The Morgan fingerprint density at radius 1 is 1.45 bits per heavy atom. The minimum atomic E-state index is -3.66. The zero-order chi connectivity index (χ0) is 14.6. The highest BCUT2D eigenvalue weighted by atomic mass is 32.2. The van der Waals surface area contributed by atoms with Gasteiger partial charge in [-0.2, -0.15) is 17.8 Å². The molecule has 1 aliphatic heterocycles. The lowest BCUT2D eigenvalue weighted by Gasteiger charge is -2.34. The van der Waals surface area contributed by atoms with Crippen LogP contribution < -0.4 is 15.6 Å². The summed E-state index contributed by atoms with van der Waals surface area (Å²) < 4.78 is 28.6. The molecular formula is C11H19N5O3S. The summed E-state index contributed by atoms with van der Waals surface area (Å²) >= 11 is 0. The van der Waals surface area contributed by atoms with Gasteiger partial charge in [-0.1, -0.05) is 6.42 Å². The standard InChI is InChI=1S/C11H19N5O3S/c1-12-8-9-4-2-3-7-16(9)20(18,19)15-10-5-6-11(17)14-13-10/h5-6,9,12H,2-4,7-8H2,1H3,(H,13,15)(H,14,17). The lowest BCUT2D eigenvalue weighted by Crippen LogP contribution is -2.50. The van der Waals surface area contributed by atoms with Crippen LogP contribution in [0.1, 0.15) is 19.3 Å². The number of piperidine rings is 1. The maximum Gasteiger partial charge on any atom is 0.303 e. The van der Waals surface area contributed by atoms with Crippen LogP contribution in [-0.2, 0) is 10.2 Å². The summed E-state index contributed by atoms with van der Waals surface area (Å²) in [5.41, 5.74) is -0.376. The summed E-state index contributed by atoms with van der Waals surface area (Å²) in [4.78, 5) is 10.9. The maximum atomic E-state index is 12.4. The van der Waals surface area contributed by atoms with Crippen LogP contribution in [0.15, 0.2) is 16.9 Å². The second-order valence-corrected chi connectivity index (χ2v) is 6.35. The number of aromatic nitrogens is 2. The van der Waals surface area contributed by atoms with Crippen LogP contribution in [-0.4, -0.2) is 49.1 Å². The Morgan fingerprint density at radius 3 is 2.90 bits per heavy atom. The molecule has 112 valence electrons. The van der Waals surface area contributed by atoms with E-state index in [2.05, 4.69) is 20.2 Å². The van der Waals surface area contributed by atoms with E-state index in [1.807, 2.05) is 0 Å². The van der Waals surface area contributed by atoms with Crippen molar-refractivity contribution < 1.29 is 8.42 Å². The minimum absolute atomic E-state index is 0.0611. The zero-order valence-corrected chi connectivity index (χ0v) is 12.1. The molecule has 3 N–H and O–H groups in total. The quantitative estimate of drug-likeness (QED) is 0.679. The molecule has 9 heteroatoms. The molecule has 1 aromatic rings. The highest BCUT2D eigenvalue weighted by molar-refractivity contribution is 7.90. The Labute approximate surface area is 117 Å². The molecule has 0 radical (unpaired) electrons. The van der Waals surface area contributed by atoms with Crippen molar-refractivity contribution >= 4 is 16.0 Å². The molecule has 1 saturated heterocycles. The largest absolute Gasteiger partial charge is 0.318 e. The van der Waals surface area contributed by atoms with E-state index < -0.39 is 10.2 Å². The molecule has 0 bridgehead atoms. The van der Waals surface area contributed by atoms with Crippen molar-refractivity contribution in [3.8, 4) is 0 Å². The summed E-state index contributed by atoms with van der Waals surface area (Å²) in [6.45, 7) is 1.10. The first-order valence-electron chi connectivity index (χ1n) is 6.53. The van der Waals surface area contributed by atoms with Crippen LogP contribution in [0.3, 0.4) is 0 Å². The van der Waals surface area contributed by atoms with Gasteiger partial charge in [0.2, 0.25) is 0 Å². The summed E-state index contributed by atoms with van der Waals surface area (Å²) in [6, 6.07) is 2.51. The number of hydrogen-bond acceptors (Lipinski definition) is 5. The van der Waals surface area contributed by atoms with E-state index in [4.69, 9.17) is 0 Å². The maximum absolute atomic E-state index is 12.4. The van der Waals surface area contributed by atoms with Crippen LogP contribution in [0.4, 0.5) is 5.82 Å². The molecule has 1 atom stereocenters. The predicted octanol–water partition coefficient (Wildman–Crippen LogP) is -0.499. The van der Waals surface area contributed by atoms with Crippen LogP contribution in [0.25, 0.3) is 0 Å². The van der Waals surface area contributed by atoms with Crippen LogP contribution in [0.5, 0.6) is 0 Å². The van der Waals surface area contributed by atoms with E-state index in [1.54, 1.807) is 7.05 Å². The van der Waals surface area contributed by atoms with Gasteiger partial charge in [-0.3, -0.25) is 9.52 Å². The third kappa shape index (κ3) is 3.56. The SMILES string of the molecule is CNCC1CCCCN1S(=O)(=O)Nc1ccc(=O)[nH]n1. The van der Waals surface area contributed by atoms with Gasteiger partial charge in [-0.15, -0.1) is 0 Å². The molecule has 0 aromatic carbocycles. The van der Waals surface area contributed by atoms with Gasteiger partial charge in [0.25, 0.3) is 5.56 Å². The van der Waals surface area contributed by atoms with Crippen molar-refractivity contribution in [3.63, 3.8) is 0 Å². The van der Waals surface area contributed by atoms with Crippen LogP contribution in [0.2, 0.25) is 0 Å². The first kappa shape index (κ1) is 14.9. The number of aromatic amines is 1. The molecule has 2 rings (SSSR count). The molecule has 0 spiro atoms. The fourth-order valence-electron chi connectivity index (χ4n) is 2.32. The molecule has 1 fully saturated rings. The fraction of sp³-hybridized carbons (Fsp3) is 0.636. The highest BCUT2D eigenvalue weighted by Crippen LogP contribution is 2.20. The van der Waals surface area contributed by atoms with Crippen LogP contribution >= 0.6 is 0 Å². The molecule has 8 nitrogen and oxygen atoms in total. The van der Waals surface area contributed by atoms with Crippen molar-refractivity contribution in [1.82, 2.24) is 19.8 Å². The molecule has 0 saturated carbocycles. The van der Waals surface area contributed by atoms with Gasteiger partial charge in [-0.25, -0.2) is 5.10 Å². The molecule has 2 heterocycles. The monoisotopic (exact) mass is 301 g/mol. The van der Waals surface area contributed by atoms with Crippen molar-refractivity contribution in [2.75, 3.05) is 24.9 Å². The smallest absolute Gasteiger partial charge is 0.303 e. The van der Waals surface area contributed by atoms with Crippen molar-refractivity contribution in [2.45, 2.75) is 25.3 Å². The topological polar surface area (TPSA) is 107 Å². The number of anilines is 1. The zero-order valence-electron chi connectivity index (χ0n) is 11.3. The van der Waals surface area contributed by atoms with E-state index in [9.17, 15) is 13.2 Å². The summed E-state index contributed by atoms with van der Waals surface area (Å²) in [5.74, 6) is 0.110. The first-order chi connectivity index (χ1) is 9.53. The van der Waals surface area contributed by atoms with Gasteiger partial charge in [0.15, 0.2) is 5.82 Å². The second kappa shape index (κ2) is 6.33. The number of rotatable bonds is 5. The number of H-pyrrole nitrogens is 1. The normalized spacial score (nSPS) is 20.8. The van der Waals surface area contributed by atoms with Crippen molar-refractivity contribution in [2.24, 2.45) is 0 Å². The van der Waals surface area contributed by atoms with E-state index in [0.29, 0.717) is 13.1 Å². The molecule has 20 heavy (non-hydrogen) atoms. The third-order valence-corrected chi connectivity index (χ3v) is 4.80. The van der Waals surface area contributed by atoms with E-state index in [0.717, 1.165) is 19.3 Å². The Kier molecular flexibility index (Phi) is 4.73. The first-order valence-corrected chi connectivity index (χ1v) is 7.97. The Hall–Kier alpha value is -1.45. The highest BCUT2D eigenvalue weighted by Gasteiger charge is 2.32. The molecule has 0 amide bonds. The molecular weight excluding hydrogens is 282 g/mol. The fourth-order valence-corrected chi connectivity index (χ4v) is 3.76. The van der Waals surface area contributed by atoms with E-state index in [-0.39, 0.29) is 17.4 Å². The number of hydrogen-bond donors (Lipinski definition) is 3. The van der Waals surface area contributed by atoms with Gasteiger partial charge in [-0.05, 0) is 26.0 Å². The van der Waals surface area contributed by atoms with Gasteiger partial charge >= 0.3 is 10.2 Å². The average Bonchev–Trinajstić information content (AvgIpc) is 2.42. The number of likely N-dealkylation sites (N-methyl/N-ethyl adjacent to an activating group) is 1. The van der Waals surface area contributed by atoms with Gasteiger partial charge in [0.05, 0.1) is 0 Å². The molecule has 1 aromatic heterocycles.